The third-order valence-electron chi connectivity index (χ3n) is 3.44. The SMILES string of the molecule is Cc1cc(Cl)c(NC2CCNC2)c2cccnc12. The number of benzene rings is 1. The number of rotatable bonds is 2. The smallest absolute Gasteiger partial charge is 0.0752 e. The van der Waals surface area contributed by atoms with Crippen molar-refractivity contribution in [1.29, 1.82) is 0 Å². The summed E-state index contributed by atoms with van der Waals surface area (Å²) in [5.74, 6) is 0. The monoisotopic (exact) mass is 261 g/mol. The fourth-order valence-electron chi connectivity index (χ4n) is 2.51. The first-order valence-corrected chi connectivity index (χ1v) is 6.64. The Morgan fingerprint density at radius 3 is 3.17 bits per heavy atom. The van der Waals surface area contributed by atoms with Crippen molar-refractivity contribution in [2.45, 2.75) is 19.4 Å². The maximum atomic E-state index is 6.38. The molecule has 0 amide bonds. The van der Waals surface area contributed by atoms with Crippen molar-refractivity contribution in [3.05, 3.63) is 35.0 Å². The number of nitrogens with one attached hydrogen (secondary N) is 2. The zero-order valence-electron chi connectivity index (χ0n) is 10.3. The number of pyridine rings is 1. The number of fused-ring (bicyclic) bond motifs is 1. The Labute approximate surface area is 112 Å². The van der Waals surface area contributed by atoms with Crippen LogP contribution in [0.3, 0.4) is 0 Å². The summed E-state index contributed by atoms with van der Waals surface area (Å²) in [4.78, 5) is 4.44. The molecule has 2 heterocycles. The van der Waals surface area contributed by atoms with E-state index in [1.165, 1.54) is 0 Å². The number of aryl methyl sites for hydroxylation is 1. The van der Waals surface area contributed by atoms with Gasteiger partial charge in [0.15, 0.2) is 0 Å². The van der Waals surface area contributed by atoms with Crippen molar-refractivity contribution < 1.29 is 0 Å². The maximum absolute atomic E-state index is 6.38. The van der Waals surface area contributed by atoms with Gasteiger partial charge in [-0.2, -0.15) is 0 Å². The minimum atomic E-state index is 0.452. The van der Waals surface area contributed by atoms with Gasteiger partial charge in [0.1, 0.15) is 0 Å². The topological polar surface area (TPSA) is 37.0 Å². The van der Waals surface area contributed by atoms with Crippen LogP contribution in [0.2, 0.25) is 5.02 Å². The highest BCUT2D eigenvalue weighted by Crippen LogP contribution is 2.33. The summed E-state index contributed by atoms with van der Waals surface area (Å²) >= 11 is 6.38. The molecule has 0 bridgehead atoms. The number of halogens is 1. The van der Waals surface area contributed by atoms with Crippen molar-refractivity contribution in [3.8, 4) is 0 Å². The molecule has 1 aromatic carbocycles. The second-order valence-electron chi connectivity index (χ2n) is 4.78. The maximum Gasteiger partial charge on any atom is 0.0752 e. The van der Waals surface area contributed by atoms with Gasteiger partial charge in [-0.1, -0.05) is 11.6 Å². The van der Waals surface area contributed by atoms with E-state index in [0.717, 1.165) is 46.7 Å². The molecule has 1 saturated heterocycles. The van der Waals surface area contributed by atoms with Gasteiger partial charge in [-0.25, -0.2) is 0 Å². The van der Waals surface area contributed by atoms with E-state index in [0.29, 0.717) is 6.04 Å². The van der Waals surface area contributed by atoms with E-state index in [1.54, 1.807) is 0 Å². The second-order valence-corrected chi connectivity index (χ2v) is 5.19. The van der Waals surface area contributed by atoms with E-state index in [1.807, 2.05) is 25.3 Å². The third-order valence-corrected chi connectivity index (χ3v) is 3.74. The average Bonchev–Trinajstić information content (AvgIpc) is 2.87. The van der Waals surface area contributed by atoms with Crippen LogP contribution >= 0.6 is 11.6 Å². The lowest BCUT2D eigenvalue weighted by Gasteiger charge is -2.17. The van der Waals surface area contributed by atoms with Crippen LogP contribution in [0.1, 0.15) is 12.0 Å². The van der Waals surface area contributed by atoms with Crippen LogP contribution in [-0.2, 0) is 0 Å². The van der Waals surface area contributed by atoms with Crippen LogP contribution in [0.25, 0.3) is 10.9 Å². The van der Waals surface area contributed by atoms with Crippen molar-refractivity contribution in [1.82, 2.24) is 10.3 Å². The van der Waals surface area contributed by atoms with E-state index in [9.17, 15) is 0 Å². The van der Waals surface area contributed by atoms with E-state index in [2.05, 4.69) is 21.7 Å². The van der Waals surface area contributed by atoms with Gasteiger partial charge in [0.25, 0.3) is 0 Å². The lowest BCUT2D eigenvalue weighted by molar-refractivity contribution is 0.794. The fourth-order valence-corrected chi connectivity index (χ4v) is 2.83. The first-order chi connectivity index (χ1) is 8.75. The van der Waals surface area contributed by atoms with E-state index >= 15 is 0 Å². The Morgan fingerprint density at radius 2 is 2.39 bits per heavy atom. The van der Waals surface area contributed by atoms with Crippen LogP contribution in [0, 0.1) is 6.92 Å². The van der Waals surface area contributed by atoms with Gasteiger partial charge >= 0.3 is 0 Å². The zero-order chi connectivity index (χ0) is 12.5. The molecular weight excluding hydrogens is 246 g/mol. The summed E-state index contributed by atoms with van der Waals surface area (Å²) in [6.07, 6.45) is 2.95. The standard InChI is InChI=1S/C14H16ClN3/c1-9-7-12(15)14(18-10-4-6-16-8-10)11-3-2-5-17-13(9)11/h2-3,5,7,10,16,18H,4,6,8H2,1H3. The lowest BCUT2D eigenvalue weighted by Crippen LogP contribution is -2.22. The number of anilines is 1. The molecule has 2 N–H and O–H groups in total. The van der Waals surface area contributed by atoms with Gasteiger partial charge < -0.3 is 10.6 Å². The van der Waals surface area contributed by atoms with Crippen LogP contribution in [0.5, 0.6) is 0 Å². The number of hydrogen-bond acceptors (Lipinski definition) is 3. The Morgan fingerprint density at radius 1 is 1.50 bits per heavy atom. The molecule has 1 aliphatic heterocycles. The number of aromatic nitrogens is 1. The summed E-state index contributed by atoms with van der Waals surface area (Å²) in [5, 5.41) is 8.78. The van der Waals surface area contributed by atoms with Gasteiger partial charge in [-0.05, 0) is 43.7 Å². The first kappa shape index (κ1) is 11.8. The second kappa shape index (κ2) is 4.75. The highest BCUT2D eigenvalue weighted by Gasteiger charge is 2.17. The van der Waals surface area contributed by atoms with Gasteiger partial charge in [-0.15, -0.1) is 0 Å². The quantitative estimate of drug-likeness (QED) is 0.873. The molecule has 94 valence electrons. The normalized spacial score (nSPS) is 19.3. The molecule has 1 aliphatic rings. The van der Waals surface area contributed by atoms with E-state index in [4.69, 9.17) is 11.6 Å². The highest BCUT2D eigenvalue weighted by atomic mass is 35.5. The van der Waals surface area contributed by atoms with Crippen LogP contribution in [0.15, 0.2) is 24.4 Å². The predicted molar refractivity (Wildman–Crippen MR) is 76.4 cm³/mol. The van der Waals surface area contributed by atoms with Crippen LogP contribution < -0.4 is 10.6 Å². The molecule has 18 heavy (non-hydrogen) atoms. The molecule has 1 fully saturated rings. The zero-order valence-corrected chi connectivity index (χ0v) is 11.1. The summed E-state index contributed by atoms with van der Waals surface area (Å²) in [7, 11) is 0. The largest absolute Gasteiger partial charge is 0.379 e. The van der Waals surface area contributed by atoms with Gasteiger partial charge in [0, 0.05) is 24.2 Å². The fraction of sp³-hybridized carbons (Fsp3) is 0.357. The van der Waals surface area contributed by atoms with Crippen molar-refractivity contribution in [3.63, 3.8) is 0 Å². The molecule has 0 radical (unpaired) electrons. The van der Waals surface area contributed by atoms with Crippen molar-refractivity contribution in [2.24, 2.45) is 0 Å². The summed E-state index contributed by atoms with van der Waals surface area (Å²) in [6, 6.07) is 6.47. The molecule has 2 aromatic rings. The summed E-state index contributed by atoms with van der Waals surface area (Å²) < 4.78 is 0. The molecule has 1 atom stereocenters. The minimum absolute atomic E-state index is 0.452. The predicted octanol–water partition coefficient (Wildman–Crippen LogP) is 2.97. The molecule has 1 aromatic heterocycles. The summed E-state index contributed by atoms with van der Waals surface area (Å²) in [6.45, 7) is 4.10. The number of nitrogens with zero attached hydrogens (tertiary/aromatic N) is 1. The highest BCUT2D eigenvalue weighted by molar-refractivity contribution is 6.35. The molecular formula is C14H16ClN3. The first-order valence-electron chi connectivity index (χ1n) is 6.27. The van der Waals surface area contributed by atoms with Gasteiger partial charge in [0.2, 0.25) is 0 Å². The molecule has 0 spiro atoms. The Hall–Kier alpha value is -1.32. The molecule has 4 heteroatoms. The van der Waals surface area contributed by atoms with Gasteiger partial charge in [0.05, 0.1) is 16.2 Å². The molecule has 1 unspecified atom stereocenters. The molecule has 3 rings (SSSR count). The Balaban J connectivity index is 2.09. The molecule has 3 nitrogen and oxygen atoms in total. The van der Waals surface area contributed by atoms with Crippen molar-refractivity contribution >= 4 is 28.2 Å². The summed E-state index contributed by atoms with van der Waals surface area (Å²) in [5.41, 5.74) is 3.15. The lowest BCUT2D eigenvalue weighted by atomic mass is 10.1. The minimum Gasteiger partial charge on any atom is -0.379 e. The van der Waals surface area contributed by atoms with Crippen LogP contribution in [-0.4, -0.2) is 24.1 Å². The average molecular weight is 262 g/mol. The van der Waals surface area contributed by atoms with E-state index in [-0.39, 0.29) is 0 Å². The molecule has 0 aliphatic carbocycles. The Bertz CT molecular complexity index is 577. The Kier molecular flexibility index (Phi) is 3.10. The van der Waals surface area contributed by atoms with E-state index < -0.39 is 0 Å². The van der Waals surface area contributed by atoms with Crippen molar-refractivity contribution in [2.75, 3.05) is 18.4 Å². The van der Waals surface area contributed by atoms with Gasteiger partial charge in [-0.3, -0.25) is 4.98 Å². The molecule has 0 saturated carbocycles. The van der Waals surface area contributed by atoms with Crippen LogP contribution in [0.4, 0.5) is 5.69 Å². The number of hydrogen-bond donors (Lipinski definition) is 2. The third kappa shape index (κ3) is 2.04.